The average Bonchev–Trinajstić information content (AvgIpc) is 3.20. The monoisotopic (exact) mass is 384 g/mol. The highest BCUT2D eigenvalue weighted by molar-refractivity contribution is 7.22. The maximum atomic E-state index is 6.11. The van der Waals surface area contributed by atoms with E-state index >= 15 is 0 Å². The van der Waals surface area contributed by atoms with Gasteiger partial charge >= 0.3 is 0 Å². The second kappa shape index (κ2) is 6.41. The van der Waals surface area contributed by atoms with Crippen LogP contribution in [0.25, 0.3) is 15.9 Å². The molecule has 8 heteroatoms. The molecule has 1 fully saturated rings. The summed E-state index contributed by atoms with van der Waals surface area (Å²) < 4.78 is 2.97. The van der Waals surface area contributed by atoms with E-state index in [1.165, 1.54) is 0 Å². The highest BCUT2D eigenvalue weighted by Gasteiger charge is 2.19. The predicted octanol–water partition coefficient (Wildman–Crippen LogP) is 3.71. The normalized spacial score (nSPS) is 15.7. The summed E-state index contributed by atoms with van der Waals surface area (Å²) in [6.07, 6.45) is 4.73. The number of benzene rings is 1. The Bertz CT molecular complexity index is 1070. The maximum absolute atomic E-state index is 6.11. The van der Waals surface area contributed by atoms with E-state index in [1.54, 1.807) is 17.5 Å². The lowest BCUT2D eigenvalue weighted by Gasteiger charge is -2.22. The van der Waals surface area contributed by atoms with Gasteiger partial charge in [-0.25, -0.2) is 14.5 Å². The Hall–Kier alpha value is -2.38. The molecule has 0 radical (unpaired) electrons. The Morgan fingerprint density at radius 3 is 2.85 bits per heavy atom. The first-order valence-corrected chi connectivity index (χ1v) is 9.82. The summed E-state index contributed by atoms with van der Waals surface area (Å²) in [7, 11) is 0. The average molecular weight is 385 g/mol. The zero-order valence-electron chi connectivity index (χ0n) is 14.0. The fraction of sp³-hybridized carbons (Fsp3) is 0.278. The van der Waals surface area contributed by atoms with Crippen LogP contribution in [-0.2, 0) is 0 Å². The minimum absolute atomic E-state index is 0.760. The molecule has 4 aromatic rings. The number of imidazole rings is 1. The molecule has 0 bridgehead atoms. The van der Waals surface area contributed by atoms with Crippen molar-refractivity contribution in [2.75, 3.05) is 36.0 Å². The second-order valence-corrected chi connectivity index (χ2v) is 7.80. The fourth-order valence-corrected chi connectivity index (χ4v) is 4.63. The van der Waals surface area contributed by atoms with Gasteiger partial charge in [0.05, 0.1) is 10.2 Å². The van der Waals surface area contributed by atoms with Crippen molar-refractivity contribution in [2.24, 2.45) is 0 Å². The molecule has 0 amide bonds. The quantitative estimate of drug-likeness (QED) is 0.527. The van der Waals surface area contributed by atoms with Crippen LogP contribution in [0.1, 0.15) is 6.42 Å². The Morgan fingerprint density at radius 1 is 1.00 bits per heavy atom. The summed E-state index contributed by atoms with van der Waals surface area (Å²) in [5.41, 5.74) is 1.89. The van der Waals surface area contributed by atoms with Crippen LogP contribution in [0, 0.1) is 0 Å². The Balaban J connectivity index is 1.37. The van der Waals surface area contributed by atoms with Crippen LogP contribution in [0.15, 0.2) is 42.7 Å². The van der Waals surface area contributed by atoms with Crippen molar-refractivity contribution >= 4 is 49.8 Å². The highest BCUT2D eigenvalue weighted by atomic mass is 35.5. The molecule has 0 N–H and O–H groups in total. The molecule has 4 heterocycles. The molecule has 0 saturated carbocycles. The van der Waals surface area contributed by atoms with Crippen molar-refractivity contribution in [1.29, 1.82) is 0 Å². The van der Waals surface area contributed by atoms with Gasteiger partial charge in [-0.1, -0.05) is 22.9 Å². The number of hydrogen-bond acceptors (Lipinski definition) is 6. The molecule has 1 saturated heterocycles. The molecular formula is C18H17ClN6S. The van der Waals surface area contributed by atoms with Gasteiger partial charge in [-0.05, 0) is 36.8 Å². The van der Waals surface area contributed by atoms with Crippen molar-refractivity contribution in [3.63, 3.8) is 0 Å². The third kappa shape index (κ3) is 2.87. The summed E-state index contributed by atoms with van der Waals surface area (Å²) in [6, 6.07) is 9.95. The Labute approximate surface area is 159 Å². The third-order valence-corrected chi connectivity index (χ3v) is 5.98. The molecule has 3 aromatic heterocycles. The van der Waals surface area contributed by atoms with Crippen molar-refractivity contribution < 1.29 is 0 Å². The zero-order chi connectivity index (χ0) is 17.5. The second-order valence-electron chi connectivity index (χ2n) is 6.36. The van der Waals surface area contributed by atoms with E-state index < -0.39 is 0 Å². The van der Waals surface area contributed by atoms with Gasteiger partial charge in [0.25, 0.3) is 0 Å². The Kier molecular flexibility index (Phi) is 3.90. The van der Waals surface area contributed by atoms with Gasteiger partial charge in [-0.3, -0.25) is 0 Å². The predicted molar refractivity (Wildman–Crippen MR) is 107 cm³/mol. The number of thiazole rings is 1. The molecule has 1 aliphatic rings. The smallest absolute Gasteiger partial charge is 0.186 e. The van der Waals surface area contributed by atoms with Crippen molar-refractivity contribution in [3.8, 4) is 0 Å². The van der Waals surface area contributed by atoms with E-state index in [1.807, 2.05) is 35.0 Å². The molecule has 0 aliphatic carbocycles. The van der Waals surface area contributed by atoms with Gasteiger partial charge in [0.15, 0.2) is 10.8 Å². The van der Waals surface area contributed by atoms with Gasteiger partial charge < -0.3 is 9.80 Å². The number of halogens is 1. The molecule has 132 valence electrons. The van der Waals surface area contributed by atoms with Gasteiger partial charge in [-0.15, -0.1) is 5.10 Å². The number of nitrogens with zero attached hydrogens (tertiary/aromatic N) is 6. The first-order valence-electron chi connectivity index (χ1n) is 8.63. The largest absolute Gasteiger partial charge is 0.353 e. The van der Waals surface area contributed by atoms with Gasteiger partial charge in [0.2, 0.25) is 0 Å². The first-order chi connectivity index (χ1) is 12.8. The number of hydrogen-bond donors (Lipinski definition) is 0. The van der Waals surface area contributed by atoms with E-state index in [-0.39, 0.29) is 0 Å². The number of rotatable bonds is 2. The van der Waals surface area contributed by atoms with E-state index in [4.69, 9.17) is 16.6 Å². The van der Waals surface area contributed by atoms with Crippen LogP contribution >= 0.6 is 22.9 Å². The standard InChI is InChI=1S/C18H17ClN6S/c19-13-2-3-14-15(12-13)26-18(21-14)24-8-1-7-23(10-11-24)17-5-4-16-20-6-9-25(16)22-17/h2-6,9,12H,1,7-8,10-11H2. The molecule has 1 aliphatic heterocycles. The van der Waals surface area contributed by atoms with Crippen LogP contribution in [-0.4, -0.2) is 45.8 Å². The van der Waals surface area contributed by atoms with E-state index in [0.29, 0.717) is 0 Å². The van der Waals surface area contributed by atoms with Gasteiger partial charge in [0, 0.05) is 43.6 Å². The number of fused-ring (bicyclic) bond motifs is 2. The van der Waals surface area contributed by atoms with Crippen molar-refractivity contribution in [2.45, 2.75) is 6.42 Å². The third-order valence-electron chi connectivity index (χ3n) is 4.67. The highest BCUT2D eigenvalue weighted by Crippen LogP contribution is 2.31. The van der Waals surface area contributed by atoms with Gasteiger partial charge in [0.1, 0.15) is 5.82 Å². The molecule has 5 rings (SSSR count). The SMILES string of the molecule is Clc1ccc2nc(N3CCCN(c4ccc5nccn5n4)CC3)sc2c1. The summed E-state index contributed by atoms with van der Waals surface area (Å²) >= 11 is 7.82. The maximum Gasteiger partial charge on any atom is 0.186 e. The zero-order valence-corrected chi connectivity index (χ0v) is 15.6. The first kappa shape index (κ1) is 15.8. The lowest BCUT2D eigenvalue weighted by atomic mass is 10.3. The summed E-state index contributed by atoms with van der Waals surface area (Å²) in [5, 5.41) is 6.51. The molecular weight excluding hydrogens is 368 g/mol. The molecule has 1 aromatic carbocycles. The molecule has 0 unspecified atom stereocenters. The van der Waals surface area contributed by atoms with E-state index in [0.717, 1.165) is 64.4 Å². The summed E-state index contributed by atoms with van der Waals surface area (Å²) in [5.74, 6) is 0.994. The lowest BCUT2D eigenvalue weighted by Crippen LogP contribution is -2.31. The minimum Gasteiger partial charge on any atom is -0.353 e. The number of aromatic nitrogens is 4. The fourth-order valence-electron chi connectivity index (χ4n) is 3.33. The van der Waals surface area contributed by atoms with Crippen molar-refractivity contribution in [1.82, 2.24) is 19.6 Å². The van der Waals surface area contributed by atoms with Crippen LogP contribution in [0.3, 0.4) is 0 Å². The van der Waals surface area contributed by atoms with Crippen LogP contribution < -0.4 is 9.80 Å². The molecule has 0 atom stereocenters. The van der Waals surface area contributed by atoms with Crippen LogP contribution in [0.2, 0.25) is 5.02 Å². The molecule has 26 heavy (non-hydrogen) atoms. The molecule has 0 spiro atoms. The van der Waals surface area contributed by atoms with Crippen molar-refractivity contribution in [3.05, 3.63) is 47.7 Å². The summed E-state index contributed by atoms with van der Waals surface area (Å²) in [6.45, 7) is 3.83. The lowest BCUT2D eigenvalue weighted by molar-refractivity contribution is 0.776. The van der Waals surface area contributed by atoms with E-state index in [9.17, 15) is 0 Å². The minimum atomic E-state index is 0.760. The Morgan fingerprint density at radius 2 is 1.88 bits per heavy atom. The molecule has 6 nitrogen and oxygen atoms in total. The van der Waals surface area contributed by atoms with Crippen LogP contribution in [0.4, 0.5) is 10.9 Å². The van der Waals surface area contributed by atoms with Crippen LogP contribution in [0.5, 0.6) is 0 Å². The van der Waals surface area contributed by atoms with E-state index in [2.05, 4.69) is 25.9 Å². The topological polar surface area (TPSA) is 49.6 Å². The number of anilines is 2. The van der Waals surface area contributed by atoms with Gasteiger partial charge in [-0.2, -0.15) is 0 Å². The summed E-state index contributed by atoms with van der Waals surface area (Å²) in [4.78, 5) is 13.8.